The summed E-state index contributed by atoms with van der Waals surface area (Å²) in [4.78, 5) is 11.0. The Bertz CT molecular complexity index is 435. The highest BCUT2D eigenvalue weighted by Gasteiger charge is 2.35. The van der Waals surface area contributed by atoms with Gasteiger partial charge in [-0.25, -0.2) is 4.39 Å². The summed E-state index contributed by atoms with van der Waals surface area (Å²) in [5.41, 5.74) is 0.432. The van der Waals surface area contributed by atoms with Gasteiger partial charge < -0.3 is 5.11 Å². The maximum atomic E-state index is 13.4. The highest BCUT2D eigenvalue weighted by atomic mass is 35.5. The van der Waals surface area contributed by atoms with Crippen molar-refractivity contribution in [1.29, 1.82) is 0 Å². The first-order valence-corrected chi connectivity index (χ1v) is 5.86. The van der Waals surface area contributed by atoms with E-state index in [0.717, 1.165) is 12.8 Å². The molecule has 1 unspecified atom stereocenters. The largest absolute Gasteiger partial charge is 0.480 e. The van der Waals surface area contributed by atoms with Crippen LogP contribution in [0.25, 0.3) is 0 Å². The summed E-state index contributed by atoms with van der Waals surface area (Å²) in [6, 6.07) is 3.81. The maximum absolute atomic E-state index is 13.4. The number of hydrogen-bond acceptors (Lipinski definition) is 2. The number of benzene rings is 1. The normalized spacial score (nSPS) is 16.8. The van der Waals surface area contributed by atoms with Crippen molar-refractivity contribution in [3.8, 4) is 0 Å². The fourth-order valence-electron chi connectivity index (χ4n) is 1.77. The molecule has 1 aromatic rings. The van der Waals surface area contributed by atoms with Crippen LogP contribution in [0.4, 0.5) is 4.39 Å². The van der Waals surface area contributed by atoms with Crippen molar-refractivity contribution in [2.24, 2.45) is 5.92 Å². The summed E-state index contributed by atoms with van der Waals surface area (Å²) >= 11 is 5.64. The molecule has 0 heterocycles. The third-order valence-corrected chi connectivity index (χ3v) is 3.12. The lowest BCUT2D eigenvalue weighted by Gasteiger charge is -2.13. The van der Waals surface area contributed by atoms with Crippen LogP contribution in [-0.4, -0.2) is 17.1 Å². The molecule has 3 nitrogen and oxygen atoms in total. The number of carbonyl (C=O) groups is 1. The standard InChI is InChI=1S/C12H13ClFNO2/c13-9-4-3-8(10(14)5-9)6-15-11(12(16)17)7-1-2-7/h3-5,7,11,15H,1-2,6H2,(H,16,17). The van der Waals surface area contributed by atoms with Crippen molar-refractivity contribution in [1.82, 2.24) is 5.32 Å². The second-order valence-corrected chi connectivity index (χ2v) is 4.71. The molecule has 1 fully saturated rings. The third kappa shape index (κ3) is 3.17. The van der Waals surface area contributed by atoms with E-state index in [1.807, 2.05) is 0 Å². The molecule has 92 valence electrons. The molecule has 1 aliphatic rings. The smallest absolute Gasteiger partial charge is 0.320 e. The van der Waals surface area contributed by atoms with E-state index in [9.17, 15) is 9.18 Å². The lowest BCUT2D eigenvalue weighted by molar-refractivity contribution is -0.140. The lowest BCUT2D eigenvalue weighted by Crippen LogP contribution is -2.38. The molecule has 0 saturated heterocycles. The predicted molar refractivity (Wildman–Crippen MR) is 62.4 cm³/mol. The number of rotatable bonds is 5. The molecule has 0 aromatic heterocycles. The zero-order valence-corrected chi connectivity index (χ0v) is 9.88. The van der Waals surface area contributed by atoms with Crippen molar-refractivity contribution in [3.63, 3.8) is 0 Å². The monoisotopic (exact) mass is 257 g/mol. The number of nitrogens with one attached hydrogen (secondary N) is 1. The molecule has 17 heavy (non-hydrogen) atoms. The van der Waals surface area contributed by atoms with Crippen LogP contribution in [0.5, 0.6) is 0 Å². The summed E-state index contributed by atoms with van der Waals surface area (Å²) in [5, 5.41) is 12.2. The summed E-state index contributed by atoms with van der Waals surface area (Å²) in [5.74, 6) is -1.10. The number of halogens is 2. The van der Waals surface area contributed by atoms with E-state index in [1.54, 1.807) is 12.1 Å². The van der Waals surface area contributed by atoms with Crippen LogP contribution in [0, 0.1) is 11.7 Å². The highest BCUT2D eigenvalue weighted by Crippen LogP contribution is 2.32. The lowest BCUT2D eigenvalue weighted by atomic mass is 10.1. The Labute approximate surface area is 104 Å². The van der Waals surface area contributed by atoms with E-state index >= 15 is 0 Å². The molecule has 2 N–H and O–H groups in total. The molecule has 0 spiro atoms. The van der Waals surface area contributed by atoms with Crippen LogP contribution in [0.2, 0.25) is 5.02 Å². The molecule has 0 amide bonds. The first kappa shape index (κ1) is 12.3. The number of carboxylic acid groups (broad SMARTS) is 1. The van der Waals surface area contributed by atoms with Gasteiger partial charge in [0.2, 0.25) is 0 Å². The first-order chi connectivity index (χ1) is 8.08. The molecule has 0 bridgehead atoms. The molecule has 0 radical (unpaired) electrons. The number of carboxylic acids is 1. The molecule has 1 aliphatic carbocycles. The zero-order chi connectivity index (χ0) is 12.4. The second kappa shape index (κ2) is 5.02. The van der Waals surface area contributed by atoms with Crippen LogP contribution in [0.15, 0.2) is 18.2 Å². The van der Waals surface area contributed by atoms with Crippen LogP contribution in [-0.2, 0) is 11.3 Å². The van der Waals surface area contributed by atoms with Gasteiger partial charge in [0, 0.05) is 17.1 Å². The average Bonchev–Trinajstić information content (AvgIpc) is 3.05. The predicted octanol–water partition coefficient (Wildman–Crippen LogP) is 2.43. The van der Waals surface area contributed by atoms with E-state index < -0.39 is 17.8 Å². The van der Waals surface area contributed by atoms with Gasteiger partial charge in [0.1, 0.15) is 11.9 Å². The van der Waals surface area contributed by atoms with Crippen molar-refractivity contribution in [2.45, 2.75) is 25.4 Å². The van der Waals surface area contributed by atoms with Gasteiger partial charge in [-0.3, -0.25) is 10.1 Å². The second-order valence-electron chi connectivity index (χ2n) is 4.27. The van der Waals surface area contributed by atoms with Crippen molar-refractivity contribution in [3.05, 3.63) is 34.6 Å². The summed E-state index contributed by atoms with van der Waals surface area (Å²) in [6.45, 7) is 0.205. The molecular formula is C12H13ClFNO2. The topological polar surface area (TPSA) is 49.3 Å². The Morgan fingerprint density at radius 2 is 2.29 bits per heavy atom. The molecule has 5 heteroatoms. The van der Waals surface area contributed by atoms with Crippen LogP contribution in [0.3, 0.4) is 0 Å². The fraction of sp³-hybridized carbons (Fsp3) is 0.417. The zero-order valence-electron chi connectivity index (χ0n) is 9.12. The minimum atomic E-state index is -0.873. The Morgan fingerprint density at radius 1 is 1.59 bits per heavy atom. The van der Waals surface area contributed by atoms with E-state index in [4.69, 9.17) is 16.7 Å². The van der Waals surface area contributed by atoms with Crippen molar-refractivity contribution >= 4 is 17.6 Å². The molecular weight excluding hydrogens is 245 g/mol. The number of aliphatic carboxylic acids is 1. The summed E-state index contributed by atoms with van der Waals surface area (Å²) in [6.07, 6.45) is 1.85. The third-order valence-electron chi connectivity index (χ3n) is 2.89. The first-order valence-electron chi connectivity index (χ1n) is 5.48. The summed E-state index contributed by atoms with van der Waals surface area (Å²) < 4.78 is 13.4. The van der Waals surface area contributed by atoms with Gasteiger partial charge in [-0.05, 0) is 30.9 Å². The van der Waals surface area contributed by atoms with Gasteiger partial charge in [0.15, 0.2) is 0 Å². The Balaban J connectivity index is 1.98. The summed E-state index contributed by atoms with van der Waals surface area (Å²) in [7, 11) is 0. The Morgan fingerprint density at radius 3 is 2.82 bits per heavy atom. The fourth-order valence-corrected chi connectivity index (χ4v) is 1.93. The highest BCUT2D eigenvalue weighted by molar-refractivity contribution is 6.30. The Kier molecular flexibility index (Phi) is 3.64. The van der Waals surface area contributed by atoms with Gasteiger partial charge in [0.05, 0.1) is 0 Å². The van der Waals surface area contributed by atoms with Gasteiger partial charge in [0.25, 0.3) is 0 Å². The molecule has 1 aromatic carbocycles. The maximum Gasteiger partial charge on any atom is 0.320 e. The molecule has 1 saturated carbocycles. The average molecular weight is 258 g/mol. The van der Waals surface area contributed by atoms with Crippen molar-refractivity contribution < 1.29 is 14.3 Å². The minimum absolute atomic E-state index is 0.183. The van der Waals surface area contributed by atoms with Crippen LogP contribution >= 0.6 is 11.6 Å². The van der Waals surface area contributed by atoms with E-state index in [2.05, 4.69) is 5.32 Å². The SMILES string of the molecule is O=C(O)C(NCc1ccc(Cl)cc1F)C1CC1. The van der Waals surface area contributed by atoms with Gasteiger partial charge in [-0.2, -0.15) is 0 Å². The minimum Gasteiger partial charge on any atom is -0.480 e. The van der Waals surface area contributed by atoms with Crippen LogP contribution < -0.4 is 5.32 Å². The number of hydrogen-bond donors (Lipinski definition) is 2. The Hall–Kier alpha value is -1.13. The molecule has 0 aliphatic heterocycles. The molecule has 1 atom stereocenters. The quantitative estimate of drug-likeness (QED) is 0.852. The van der Waals surface area contributed by atoms with E-state index in [-0.39, 0.29) is 12.5 Å². The van der Waals surface area contributed by atoms with Crippen LogP contribution in [0.1, 0.15) is 18.4 Å². The van der Waals surface area contributed by atoms with Gasteiger partial charge in [-0.15, -0.1) is 0 Å². The van der Waals surface area contributed by atoms with E-state index in [0.29, 0.717) is 10.6 Å². The van der Waals surface area contributed by atoms with Gasteiger partial charge >= 0.3 is 5.97 Å². The van der Waals surface area contributed by atoms with Crippen molar-refractivity contribution in [2.75, 3.05) is 0 Å². The molecule has 2 rings (SSSR count). The van der Waals surface area contributed by atoms with Gasteiger partial charge in [-0.1, -0.05) is 17.7 Å². The van der Waals surface area contributed by atoms with E-state index in [1.165, 1.54) is 6.07 Å².